The van der Waals surface area contributed by atoms with Gasteiger partial charge in [-0.3, -0.25) is 4.79 Å². The number of halogens is 1. The summed E-state index contributed by atoms with van der Waals surface area (Å²) in [5, 5.41) is 4.34. The molecule has 0 heterocycles. The quantitative estimate of drug-likeness (QED) is 0.345. The highest BCUT2D eigenvalue weighted by Crippen LogP contribution is 2.25. The molecule has 4 nitrogen and oxygen atoms in total. The first-order valence-electron chi connectivity index (χ1n) is 8.90. The van der Waals surface area contributed by atoms with Crippen molar-refractivity contribution in [3.05, 3.63) is 64.1 Å². The van der Waals surface area contributed by atoms with Crippen LogP contribution < -0.4 is 10.2 Å². The molecule has 1 amide bonds. The molecule has 0 fully saturated rings. The van der Waals surface area contributed by atoms with Gasteiger partial charge in [-0.2, -0.15) is 5.10 Å². The highest BCUT2D eigenvalue weighted by molar-refractivity contribution is 9.10. The average molecular weight is 417 g/mol. The Bertz CT molecular complexity index is 745. The Morgan fingerprint density at radius 2 is 1.92 bits per heavy atom. The Balaban J connectivity index is 1.95. The number of nitrogens with zero attached hydrogens (tertiary/aromatic N) is 1. The van der Waals surface area contributed by atoms with Gasteiger partial charge in [0.1, 0.15) is 5.75 Å². The van der Waals surface area contributed by atoms with Crippen LogP contribution >= 0.6 is 15.9 Å². The fourth-order valence-corrected chi connectivity index (χ4v) is 3.07. The Morgan fingerprint density at radius 1 is 1.15 bits per heavy atom. The van der Waals surface area contributed by atoms with E-state index in [4.69, 9.17) is 4.74 Å². The van der Waals surface area contributed by atoms with Crippen LogP contribution in [0.2, 0.25) is 0 Å². The number of nitrogens with one attached hydrogen (secondary N) is 1. The van der Waals surface area contributed by atoms with Crippen molar-refractivity contribution in [2.24, 2.45) is 5.10 Å². The van der Waals surface area contributed by atoms with Crippen LogP contribution in [-0.4, -0.2) is 18.2 Å². The molecule has 0 saturated heterocycles. The van der Waals surface area contributed by atoms with Crippen LogP contribution in [0.4, 0.5) is 0 Å². The topological polar surface area (TPSA) is 50.7 Å². The van der Waals surface area contributed by atoms with E-state index in [1.807, 2.05) is 55.5 Å². The fraction of sp³-hybridized carbons (Fsp3) is 0.333. The van der Waals surface area contributed by atoms with Crippen LogP contribution in [0.5, 0.6) is 5.75 Å². The van der Waals surface area contributed by atoms with E-state index < -0.39 is 0 Å². The van der Waals surface area contributed by atoms with Gasteiger partial charge >= 0.3 is 0 Å². The number of carbonyl (C=O) groups is 1. The van der Waals surface area contributed by atoms with Gasteiger partial charge < -0.3 is 4.74 Å². The molecule has 0 radical (unpaired) electrons. The molecule has 2 aromatic rings. The molecule has 0 bridgehead atoms. The van der Waals surface area contributed by atoms with E-state index in [-0.39, 0.29) is 12.5 Å². The molecule has 0 spiro atoms. The van der Waals surface area contributed by atoms with E-state index in [2.05, 4.69) is 33.4 Å². The van der Waals surface area contributed by atoms with Crippen molar-refractivity contribution >= 4 is 27.5 Å². The van der Waals surface area contributed by atoms with Gasteiger partial charge in [0.2, 0.25) is 0 Å². The number of rotatable bonds is 9. The zero-order valence-corrected chi connectivity index (χ0v) is 16.9. The van der Waals surface area contributed by atoms with Crippen molar-refractivity contribution < 1.29 is 9.53 Å². The fourth-order valence-electron chi connectivity index (χ4n) is 2.47. The zero-order valence-electron chi connectivity index (χ0n) is 15.3. The Morgan fingerprint density at radius 3 is 2.62 bits per heavy atom. The third kappa shape index (κ3) is 6.64. The number of ether oxygens (including phenoxy) is 1. The van der Waals surface area contributed by atoms with Crippen LogP contribution in [0.3, 0.4) is 0 Å². The number of unbranched alkanes of at least 4 members (excludes halogenated alkanes) is 2. The van der Waals surface area contributed by atoms with Crippen LogP contribution in [0.1, 0.15) is 43.7 Å². The lowest BCUT2D eigenvalue weighted by Crippen LogP contribution is -2.26. The summed E-state index contributed by atoms with van der Waals surface area (Å²) in [6.07, 6.45) is 4.17. The van der Waals surface area contributed by atoms with Gasteiger partial charge in [-0.15, -0.1) is 0 Å². The van der Waals surface area contributed by atoms with Gasteiger partial charge in [0.15, 0.2) is 6.61 Å². The molecule has 0 aliphatic rings. The summed E-state index contributed by atoms with van der Waals surface area (Å²) in [5.41, 5.74) is 5.67. The van der Waals surface area contributed by atoms with Gasteiger partial charge in [0.05, 0.1) is 10.2 Å². The molecular weight excluding hydrogens is 392 g/mol. The molecule has 2 rings (SSSR count). The molecule has 2 aromatic carbocycles. The predicted octanol–water partition coefficient (Wildman–Crippen LogP) is 5.24. The Hall–Kier alpha value is -2.14. The Labute approximate surface area is 163 Å². The van der Waals surface area contributed by atoms with E-state index in [0.717, 1.165) is 47.0 Å². The smallest absolute Gasteiger partial charge is 0.277 e. The molecule has 138 valence electrons. The standard InChI is InChI=1S/C21H25BrN2O2/c1-3-4-6-11-19(17-9-7-5-8-10-17)23-24-21(25)15-26-20-13-12-16(2)14-18(20)22/h5,7-10,12-14H,3-4,6,11,15H2,1-2H3,(H,24,25). The highest BCUT2D eigenvalue weighted by atomic mass is 79.9. The summed E-state index contributed by atoms with van der Waals surface area (Å²) in [4.78, 5) is 12.1. The summed E-state index contributed by atoms with van der Waals surface area (Å²) in [6, 6.07) is 15.7. The zero-order chi connectivity index (χ0) is 18.8. The third-order valence-corrected chi connectivity index (χ3v) is 4.51. The molecule has 0 aromatic heterocycles. The van der Waals surface area contributed by atoms with Gasteiger partial charge in [-0.25, -0.2) is 5.43 Å². The summed E-state index contributed by atoms with van der Waals surface area (Å²) < 4.78 is 6.39. The Kier molecular flexibility index (Phi) is 8.35. The van der Waals surface area contributed by atoms with Gasteiger partial charge in [-0.1, -0.05) is 56.2 Å². The molecule has 0 atom stereocenters. The maximum atomic E-state index is 12.1. The average Bonchev–Trinajstić information content (AvgIpc) is 2.64. The SMILES string of the molecule is CCCCCC(=NNC(=O)COc1ccc(C)cc1Br)c1ccccc1. The molecule has 5 heteroatoms. The number of aryl methyl sites for hydroxylation is 1. The predicted molar refractivity (Wildman–Crippen MR) is 110 cm³/mol. The summed E-state index contributed by atoms with van der Waals surface area (Å²) >= 11 is 3.44. The highest BCUT2D eigenvalue weighted by Gasteiger charge is 2.07. The van der Waals surface area contributed by atoms with E-state index >= 15 is 0 Å². The van der Waals surface area contributed by atoms with Crippen molar-refractivity contribution in [2.75, 3.05) is 6.61 Å². The van der Waals surface area contributed by atoms with E-state index in [1.165, 1.54) is 0 Å². The molecule has 0 aliphatic heterocycles. The van der Waals surface area contributed by atoms with Crippen LogP contribution in [0, 0.1) is 6.92 Å². The van der Waals surface area contributed by atoms with Crippen molar-refractivity contribution in [2.45, 2.75) is 39.5 Å². The first-order chi connectivity index (χ1) is 12.6. The largest absolute Gasteiger partial charge is 0.483 e. The summed E-state index contributed by atoms with van der Waals surface area (Å²) in [5.74, 6) is 0.363. The number of benzene rings is 2. The second-order valence-corrected chi connectivity index (χ2v) is 6.99. The van der Waals surface area contributed by atoms with Crippen molar-refractivity contribution in [1.29, 1.82) is 0 Å². The van der Waals surface area contributed by atoms with Crippen LogP contribution in [0.25, 0.3) is 0 Å². The van der Waals surface area contributed by atoms with E-state index in [1.54, 1.807) is 0 Å². The normalized spacial score (nSPS) is 11.3. The lowest BCUT2D eigenvalue weighted by molar-refractivity contribution is -0.123. The minimum Gasteiger partial charge on any atom is -0.483 e. The lowest BCUT2D eigenvalue weighted by Gasteiger charge is -2.09. The van der Waals surface area contributed by atoms with E-state index in [0.29, 0.717) is 5.75 Å². The second kappa shape index (κ2) is 10.8. The molecular formula is C21H25BrN2O2. The molecule has 0 saturated carbocycles. The molecule has 0 aliphatic carbocycles. The first kappa shape index (κ1) is 20.2. The number of carbonyl (C=O) groups excluding carboxylic acids is 1. The first-order valence-corrected chi connectivity index (χ1v) is 9.69. The van der Waals surface area contributed by atoms with Gasteiger partial charge in [0, 0.05) is 0 Å². The monoisotopic (exact) mass is 416 g/mol. The summed E-state index contributed by atoms with van der Waals surface area (Å²) in [6.45, 7) is 4.09. The number of hydrogen-bond donors (Lipinski definition) is 1. The van der Waals surface area contributed by atoms with Crippen molar-refractivity contribution in [1.82, 2.24) is 5.43 Å². The minimum atomic E-state index is -0.276. The minimum absolute atomic E-state index is 0.0812. The van der Waals surface area contributed by atoms with Crippen molar-refractivity contribution in [3.8, 4) is 5.75 Å². The number of amides is 1. The third-order valence-electron chi connectivity index (χ3n) is 3.89. The van der Waals surface area contributed by atoms with Gasteiger partial charge in [0.25, 0.3) is 5.91 Å². The summed E-state index contributed by atoms with van der Waals surface area (Å²) in [7, 11) is 0. The second-order valence-electron chi connectivity index (χ2n) is 6.14. The van der Waals surface area contributed by atoms with Crippen LogP contribution in [0.15, 0.2) is 58.1 Å². The maximum Gasteiger partial charge on any atom is 0.277 e. The molecule has 26 heavy (non-hydrogen) atoms. The van der Waals surface area contributed by atoms with Crippen molar-refractivity contribution in [3.63, 3.8) is 0 Å². The van der Waals surface area contributed by atoms with Gasteiger partial charge in [-0.05, 0) is 59.0 Å². The lowest BCUT2D eigenvalue weighted by atomic mass is 10.0. The number of hydrazone groups is 1. The number of hydrogen-bond acceptors (Lipinski definition) is 3. The maximum absolute atomic E-state index is 12.1. The molecule has 0 unspecified atom stereocenters. The van der Waals surface area contributed by atoms with E-state index in [9.17, 15) is 4.79 Å². The van der Waals surface area contributed by atoms with Crippen LogP contribution in [-0.2, 0) is 4.79 Å². The molecule has 1 N–H and O–H groups in total.